The zero-order valence-corrected chi connectivity index (χ0v) is 35.6. The van der Waals surface area contributed by atoms with E-state index in [1.165, 1.54) is 43.4 Å². The van der Waals surface area contributed by atoms with Gasteiger partial charge in [0.1, 0.15) is 11.2 Å². The molecule has 2 aromatic heterocycles. The number of nitrogens with zero attached hydrogens (tertiary/aromatic N) is 2. The van der Waals surface area contributed by atoms with E-state index in [0.717, 1.165) is 72.3 Å². The summed E-state index contributed by atoms with van der Waals surface area (Å²) in [5, 5.41) is 9.51. The quantitative estimate of drug-likeness (QED) is 0.135. The highest BCUT2D eigenvalue weighted by Crippen LogP contribution is 2.42. The molecule has 0 aliphatic rings. The smallest absolute Gasteiger partial charge is 0.136 e. The van der Waals surface area contributed by atoms with E-state index in [4.69, 9.17) is 4.42 Å². The van der Waals surface area contributed by atoms with Gasteiger partial charge in [-0.1, -0.05) is 164 Å². The van der Waals surface area contributed by atoms with Gasteiger partial charge in [-0.05, 0) is 128 Å². The SMILES string of the molecule is C=C/C(=C\C=C\n1c2ccccc2c2ccccc21)N(c1ccc(-c2cccc(-c3cccc4ccccc34)c2)cc1)c1ccccc1-c1ccc2oc3cc4ccccc4cc3c2c1. The first-order valence-electron chi connectivity index (χ1n) is 22.1. The van der Waals surface area contributed by atoms with Gasteiger partial charge in [-0.3, -0.25) is 0 Å². The molecule has 0 fully saturated rings. The maximum absolute atomic E-state index is 6.44. The molecular formula is C62H42N2O. The van der Waals surface area contributed by atoms with E-state index >= 15 is 0 Å². The van der Waals surface area contributed by atoms with Crippen molar-refractivity contribution in [3.63, 3.8) is 0 Å². The molecular weight excluding hydrogens is 789 g/mol. The number of hydrogen-bond donors (Lipinski definition) is 0. The predicted octanol–water partition coefficient (Wildman–Crippen LogP) is 17.4. The van der Waals surface area contributed by atoms with Gasteiger partial charge in [0.05, 0.1) is 16.7 Å². The molecule has 0 N–H and O–H groups in total. The van der Waals surface area contributed by atoms with Gasteiger partial charge in [0, 0.05) is 44.7 Å². The molecule has 0 radical (unpaired) electrons. The lowest BCUT2D eigenvalue weighted by molar-refractivity contribution is 0.669. The molecule has 0 aliphatic carbocycles. The lowest BCUT2D eigenvalue weighted by Crippen LogP contribution is -2.16. The molecule has 0 saturated carbocycles. The highest BCUT2D eigenvalue weighted by Gasteiger charge is 2.19. The number of hydrogen-bond acceptors (Lipinski definition) is 2. The van der Waals surface area contributed by atoms with Crippen LogP contribution in [0, 0.1) is 0 Å². The van der Waals surface area contributed by atoms with Crippen LogP contribution in [0.2, 0.25) is 0 Å². The summed E-state index contributed by atoms with van der Waals surface area (Å²) in [4.78, 5) is 2.32. The highest BCUT2D eigenvalue weighted by atomic mass is 16.3. The molecule has 0 atom stereocenters. The Morgan fingerprint density at radius 2 is 1.02 bits per heavy atom. The average Bonchev–Trinajstić information content (AvgIpc) is 3.89. The Kier molecular flexibility index (Phi) is 9.31. The van der Waals surface area contributed by atoms with Gasteiger partial charge < -0.3 is 13.9 Å². The van der Waals surface area contributed by atoms with Gasteiger partial charge in [-0.2, -0.15) is 0 Å². The average molecular weight is 831 g/mol. The summed E-state index contributed by atoms with van der Waals surface area (Å²) >= 11 is 0. The van der Waals surface area contributed by atoms with Crippen LogP contribution in [0.1, 0.15) is 0 Å². The Hall–Kier alpha value is -8.66. The topological polar surface area (TPSA) is 21.3 Å². The van der Waals surface area contributed by atoms with Crippen LogP contribution in [0.5, 0.6) is 0 Å². The first-order chi connectivity index (χ1) is 32.2. The fourth-order valence-corrected chi connectivity index (χ4v) is 9.69. The Morgan fingerprint density at radius 1 is 0.431 bits per heavy atom. The van der Waals surface area contributed by atoms with Crippen LogP contribution in [0.4, 0.5) is 11.4 Å². The van der Waals surface area contributed by atoms with Gasteiger partial charge >= 0.3 is 0 Å². The van der Waals surface area contributed by atoms with Crippen molar-refractivity contribution in [1.29, 1.82) is 0 Å². The maximum atomic E-state index is 6.44. The molecule has 0 unspecified atom stereocenters. The number of para-hydroxylation sites is 3. The zero-order chi connectivity index (χ0) is 43.3. The molecule has 2 heterocycles. The van der Waals surface area contributed by atoms with Crippen LogP contribution in [-0.4, -0.2) is 4.57 Å². The number of allylic oxidation sites excluding steroid dienone is 3. The van der Waals surface area contributed by atoms with E-state index in [-0.39, 0.29) is 0 Å². The minimum Gasteiger partial charge on any atom is -0.456 e. The zero-order valence-electron chi connectivity index (χ0n) is 35.6. The fourth-order valence-electron chi connectivity index (χ4n) is 9.69. The Morgan fingerprint density at radius 3 is 1.80 bits per heavy atom. The maximum Gasteiger partial charge on any atom is 0.136 e. The lowest BCUT2D eigenvalue weighted by Gasteiger charge is -2.28. The van der Waals surface area contributed by atoms with E-state index in [1.807, 2.05) is 6.08 Å². The second-order valence-corrected chi connectivity index (χ2v) is 16.6. The van der Waals surface area contributed by atoms with Gasteiger partial charge in [0.15, 0.2) is 0 Å². The van der Waals surface area contributed by atoms with Crippen molar-refractivity contribution in [2.45, 2.75) is 0 Å². The molecule has 10 aromatic carbocycles. The van der Waals surface area contributed by atoms with E-state index in [9.17, 15) is 0 Å². The van der Waals surface area contributed by atoms with Crippen LogP contribution in [0.3, 0.4) is 0 Å². The minimum absolute atomic E-state index is 0.871. The first kappa shape index (κ1) is 38.0. The number of benzene rings is 10. The number of aromatic nitrogens is 1. The Labute approximate surface area is 377 Å². The first-order valence-corrected chi connectivity index (χ1v) is 22.1. The van der Waals surface area contributed by atoms with Crippen molar-refractivity contribution in [3.05, 3.63) is 249 Å². The standard InChI is InChI=1S/C62H42N2O/c1-2-49(22-15-37-63-58-28-10-8-25-54(58)55-26-9-11-29-59(55)63)64(50-34-31-42(32-35-50)44-20-13-21-47(38-44)52-27-14-19-43-16-5-6-23-51(43)52)60-30-12-7-24-53(60)48-33-36-61-56(40-48)57-39-45-17-3-4-18-46(45)41-62(57)65-61/h2-41H,1H2/b37-15+,49-22+. The van der Waals surface area contributed by atoms with Crippen LogP contribution < -0.4 is 4.90 Å². The number of rotatable bonds is 9. The molecule has 0 spiro atoms. The summed E-state index contributed by atoms with van der Waals surface area (Å²) in [6.45, 7) is 4.41. The van der Waals surface area contributed by atoms with E-state index in [1.54, 1.807) is 0 Å². The molecule has 306 valence electrons. The molecule has 0 saturated heterocycles. The van der Waals surface area contributed by atoms with Crippen LogP contribution >= 0.6 is 0 Å². The van der Waals surface area contributed by atoms with Gasteiger partial charge in [0.2, 0.25) is 0 Å². The molecule has 3 heteroatoms. The number of anilines is 2. The van der Waals surface area contributed by atoms with Crippen LogP contribution in [0.25, 0.3) is 105 Å². The summed E-state index contributed by atoms with van der Waals surface area (Å²) < 4.78 is 8.71. The summed E-state index contributed by atoms with van der Waals surface area (Å²) in [6.07, 6.45) is 8.40. The number of fused-ring (bicyclic) bond motifs is 8. The summed E-state index contributed by atoms with van der Waals surface area (Å²) in [5.41, 5.74) is 14.0. The Bertz CT molecular complexity index is 3800. The summed E-state index contributed by atoms with van der Waals surface area (Å²) in [5.74, 6) is 0. The molecule has 3 nitrogen and oxygen atoms in total. The monoisotopic (exact) mass is 830 g/mol. The molecule has 12 rings (SSSR count). The second kappa shape index (κ2) is 15.9. The third kappa shape index (κ3) is 6.70. The predicted molar refractivity (Wildman–Crippen MR) is 277 cm³/mol. The fraction of sp³-hybridized carbons (Fsp3) is 0. The van der Waals surface area contributed by atoms with E-state index in [2.05, 4.69) is 253 Å². The molecule has 12 aromatic rings. The van der Waals surface area contributed by atoms with Gasteiger partial charge in [-0.25, -0.2) is 0 Å². The van der Waals surface area contributed by atoms with Gasteiger partial charge in [-0.15, -0.1) is 0 Å². The highest BCUT2D eigenvalue weighted by molar-refractivity contribution is 6.12. The van der Waals surface area contributed by atoms with Crippen molar-refractivity contribution in [2.75, 3.05) is 4.90 Å². The molecule has 65 heavy (non-hydrogen) atoms. The molecule has 0 bridgehead atoms. The summed E-state index contributed by atoms with van der Waals surface area (Å²) in [7, 11) is 0. The molecule has 0 amide bonds. The van der Waals surface area contributed by atoms with Crippen molar-refractivity contribution >= 4 is 82.9 Å². The van der Waals surface area contributed by atoms with Crippen molar-refractivity contribution in [2.24, 2.45) is 0 Å². The van der Waals surface area contributed by atoms with E-state index in [0.29, 0.717) is 0 Å². The van der Waals surface area contributed by atoms with Crippen molar-refractivity contribution in [1.82, 2.24) is 4.57 Å². The Balaban J connectivity index is 0.983. The van der Waals surface area contributed by atoms with Crippen molar-refractivity contribution < 1.29 is 4.42 Å². The van der Waals surface area contributed by atoms with Gasteiger partial charge in [0.25, 0.3) is 0 Å². The minimum atomic E-state index is 0.871. The van der Waals surface area contributed by atoms with Crippen molar-refractivity contribution in [3.8, 4) is 33.4 Å². The van der Waals surface area contributed by atoms with E-state index < -0.39 is 0 Å². The number of furan rings is 1. The largest absolute Gasteiger partial charge is 0.456 e. The third-order valence-electron chi connectivity index (χ3n) is 12.8. The van der Waals surface area contributed by atoms with Crippen LogP contribution in [-0.2, 0) is 0 Å². The second-order valence-electron chi connectivity index (χ2n) is 16.6. The normalized spacial score (nSPS) is 12.1. The van der Waals surface area contributed by atoms with Crippen LogP contribution in [0.15, 0.2) is 253 Å². The molecule has 0 aliphatic heterocycles. The third-order valence-corrected chi connectivity index (χ3v) is 12.8. The lowest BCUT2D eigenvalue weighted by atomic mass is 9.95. The summed E-state index contributed by atoms with van der Waals surface area (Å²) in [6, 6.07) is 78.2.